The van der Waals surface area contributed by atoms with Gasteiger partial charge in [0, 0.05) is 19.8 Å². The highest BCUT2D eigenvalue weighted by Gasteiger charge is 1.81. The van der Waals surface area contributed by atoms with Gasteiger partial charge in [0.05, 0.1) is 5.03 Å². The van der Waals surface area contributed by atoms with Crippen LogP contribution in [-0.4, -0.2) is 26.5 Å². The summed E-state index contributed by atoms with van der Waals surface area (Å²) >= 11 is 5.75. The molecule has 0 N–H and O–H groups in total. The molecule has 0 saturated heterocycles. The summed E-state index contributed by atoms with van der Waals surface area (Å²) in [6.45, 7) is 4.22. The molecule has 0 heterocycles. The monoisotopic (exact) mass is 198 g/mol. The minimum atomic E-state index is 0.639. The highest BCUT2D eigenvalue weighted by molar-refractivity contribution is 6.39. The van der Waals surface area contributed by atoms with Crippen LogP contribution in [0.5, 0.6) is 0 Å². The zero-order chi connectivity index (χ0) is 9.94. The molecule has 13 heavy (non-hydrogen) atoms. The van der Waals surface area contributed by atoms with Gasteiger partial charge in [-0.3, -0.25) is 4.99 Å². The lowest BCUT2D eigenvalue weighted by molar-refractivity contribution is 0.860. The molecule has 3 heteroatoms. The number of nitrogens with zero attached hydrogens (tertiary/aromatic N) is 2. The summed E-state index contributed by atoms with van der Waals surface area (Å²) in [5.41, 5.74) is 0. The van der Waals surface area contributed by atoms with E-state index in [-0.39, 0.29) is 0 Å². The molecule has 0 atom stereocenters. The number of aliphatic imine (C=N–C) groups is 2. The second kappa shape index (κ2) is 9.20. The van der Waals surface area contributed by atoms with Crippen molar-refractivity contribution in [3.8, 4) is 0 Å². The Kier molecular flexibility index (Phi) is 8.57. The molecule has 0 amide bonds. The number of unbranched alkanes of at least 4 members (excludes halogenated alkanes) is 1. The Morgan fingerprint density at radius 3 is 2.92 bits per heavy atom. The minimum absolute atomic E-state index is 0.639. The predicted molar refractivity (Wildman–Crippen MR) is 61.1 cm³/mol. The summed E-state index contributed by atoms with van der Waals surface area (Å²) in [5.74, 6) is 0. The van der Waals surface area contributed by atoms with Crippen LogP contribution in [0, 0.1) is 0 Å². The molecule has 0 aromatic carbocycles. The average Bonchev–Trinajstić information content (AvgIpc) is 2.11. The topological polar surface area (TPSA) is 24.7 Å². The summed E-state index contributed by atoms with van der Waals surface area (Å²) in [6, 6.07) is 0. The van der Waals surface area contributed by atoms with Crippen molar-refractivity contribution in [1.82, 2.24) is 0 Å². The maximum Gasteiger partial charge on any atom is 0.0584 e. The van der Waals surface area contributed by atoms with Crippen LogP contribution in [0.15, 0.2) is 33.2 Å². The Morgan fingerprint density at radius 1 is 1.54 bits per heavy atom. The highest BCUT2D eigenvalue weighted by atomic mass is 35.5. The minimum Gasteiger partial charge on any atom is -0.301 e. The van der Waals surface area contributed by atoms with Gasteiger partial charge in [-0.1, -0.05) is 23.8 Å². The van der Waals surface area contributed by atoms with E-state index >= 15 is 0 Å². The Morgan fingerprint density at radius 2 is 2.31 bits per heavy atom. The van der Waals surface area contributed by atoms with Crippen molar-refractivity contribution < 1.29 is 0 Å². The third kappa shape index (κ3) is 9.02. The second-order valence-electron chi connectivity index (χ2n) is 2.46. The van der Waals surface area contributed by atoms with E-state index < -0.39 is 0 Å². The first-order valence-corrected chi connectivity index (χ1v) is 4.56. The maximum atomic E-state index is 5.75. The lowest BCUT2D eigenvalue weighted by Crippen LogP contribution is -1.76. The zero-order valence-corrected chi connectivity index (χ0v) is 8.67. The van der Waals surface area contributed by atoms with Gasteiger partial charge in [0.15, 0.2) is 0 Å². The van der Waals surface area contributed by atoms with Crippen molar-refractivity contribution in [2.75, 3.05) is 13.6 Å². The number of hydrogen-bond donors (Lipinski definition) is 0. The molecule has 0 fully saturated rings. The zero-order valence-electron chi connectivity index (χ0n) is 7.91. The van der Waals surface area contributed by atoms with Gasteiger partial charge in [-0.25, -0.2) is 0 Å². The predicted octanol–water partition coefficient (Wildman–Crippen LogP) is 2.85. The molecule has 0 spiro atoms. The van der Waals surface area contributed by atoms with Crippen molar-refractivity contribution in [2.24, 2.45) is 9.98 Å². The van der Waals surface area contributed by atoms with Crippen molar-refractivity contribution in [3.05, 3.63) is 23.3 Å². The van der Waals surface area contributed by atoms with Crippen LogP contribution in [0.2, 0.25) is 0 Å². The molecule has 0 rings (SSSR count). The summed E-state index contributed by atoms with van der Waals surface area (Å²) < 4.78 is 0. The van der Waals surface area contributed by atoms with Crippen molar-refractivity contribution in [1.29, 1.82) is 0 Å². The first-order valence-electron chi connectivity index (χ1n) is 4.18. The van der Waals surface area contributed by atoms with Gasteiger partial charge < -0.3 is 4.99 Å². The van der Waals surface area contributed by atoms with Crippen molar-refractivity contribution in [2.45, 2.75) is 12.8 Å². The van der Waals surface area contributed by atoms with Gasteiger partial charge in [0.1, 0.15) is 0 Å². The van der Waals surface area contributed by atoms with E-state index in [4.69, 9.17) is 11.6 Å². The Labute approximate surface area is 84.7 Å². The van der Waals surface area contributed by atoms with E-state index in [1.165, 1.54) is 0 Å². The van der Waals surface area contributed by atoms with E-state index in [9.17, 15) is 0 Å². The van der Waals surface area contributed by atoms with E-state index in [1.807, 2.05) is 12.2 Å². The first kappa shape index (κ1) is 12.1. The van der Waals surface area contributed by atoms with Crippen molar-refractivity contribution in [3.63, 3.8) is 0 Å². The molecule has 72 valence electrons. The second-order valence-corrected chi connectivity index (χ2v) is 2.89. The van der Waals surface area contributed by atoms with Crippen LogP contribution in [0.25, 0.3) is 0 Å². The highest BCUT2D eigenvalue weighted by Crippen LogP contribution is 1.98. The van der Waals surface area contributed by atoms with Crippen LogP contribution >= 0.6 is 11.6 Å². The molecular weight excluding hydrogens is 184 g/mol. The van der Waals surface area contributed by atoms with E-state index in [1.54, 1.807) is 13.3 Å². The fourth-order valence-electron chi connectivity index (χ4n) is 0.743. The normalized spacial score (nSPS) is 12.9. The van der Waals surface area contributed by atoms with Crippen LogP contribution in [-0.2, 0) is 0 Å². The van der Waals surface area contributed by atoms with Gasteiger partial charge in [-0.05, 0) is 25.6 Å². The molecule has 0 aromatic heterocycles. The van der Waals surface area contributed by atoms with Crippen LogP contribution in [0.4, 0.5) is 0 Å². The van der Waals surface area contributed by atoms with Gasteiger partial charge in [0.2, 0.25) is 0 Å². The molecule has 0 aromatic rings. The molecule has 0 saturated carbocycles. The molecule has 0 aliphatic rings. The Bertz CT molecular complexity index is 217. The summed E-state index contributed by atoms with van der Waals surface area (Å²) in [5, 5.41) is 0.639. The summed E-state index contributed by atoms with van der Waals surface area (Å²) in [7, 11) is 1.69. The van der Waals surface area contributed by atoms with Gasteiger partial charge >= 0.3 is 0 Å². The van der Waals surface area contributed by atoms with Crippen LogP contribution in [0.3, 0.4) is 0 Å². The molecule has 0 aliphatic carbocycles. The molecule has 2 nitrogen and oxygen atoms in total. The fraction of sp³-hybridized carbons (Fsp3) is 0.400. The van der Waals surface area contributed by atoms with E-state index in [0.29, 0.717) is 5.03 Å². The van der Waals surface area contributed by atoms with Crippen molar-refractivity contribution >= 4 is 24.5 Å². The van der Waals surface area contributed by atoms with E-state index in [0.717, 1.165) is 19.4 Å². The average molecular weight is 199 g/mol. The Hall–Kier alpha value is -0.890. The third-order valence-electron chi connectivity index (χ3n) is 1.33. The lowest BCUT2D eigenvalue weighted by Gasteiger charge is -1.87. The largest absolute Gasteiger partial charge is 0.301 e. The fourth-order valence-corrected chi connectivity index (χ4v) is 0.914. The molecule has 0 unspecified atom stereocenters. The number of hydrogen-bond acceptors (Lipinski definition) is 2. The quantitative estimate of drug-likeness (QED) is 0.356. The smallest absolute Gasteiger partial charge is 0.0584 e. The van der Waals surface area contributed by atoms with E-state index in [2.05, 4.69) is 22.8 Å². The molecular formula is C10H15ClN2. The first-order chi connectivity index (χ1) is 6.31. The van der Waals surface area contributed by atoms with Gasteiger partial charge in [0.25, 0.3) is 0 Å². The van der Waals surface area contributed by atoms with Gasteiger partial charge in [-0.15, -0.1) is 0 Å². The lowest BCUT2D eigenvalue weighted by atomic mass is 10.3. The number of allylic oxidation sites excluding steroid dienone is 4. The summed E-state index contributed by atoms with van der Waals surface area (Å²) in [6.07, 6.45) is 9.44. The van der Waals surface area contributed by atoms with Crippen LogP contribution in [0.1, 0.15) is 12.8 Å². The molecule has 0 bridgehead atoms. The van der Waals surface area contributed by atoms with Gasteiger partial charge in [-0.2, -0.15) is 0 Å². The number of halogens is 1. The Balaban J connectivity index is 3.60. The SMILES string of the molecule is C=NCCC/C=C/C=C(Cl)\C=N/C. The number of rotatable bonds is 6. The molecule has 0 aliphatic heterocycles. The van der Waals surface area contributed by atoms with Crippen LogP contribution < -0.4 is 0 Å². The summed E-state index contributed by atoms with van der Waals surface area (Å²) in [4.78, 5) is 7.53. The third-order valence-corrected chi connectivity index (χ3v) is 1.55. The molecule has 0 radical (unpaired) electrons. The standard InChI is InChI=1S/C10H15ClN2/c1-12-8-6-4-3-5-7-10(11)9-13-2/h3,5,7,9H,1,4,6,8H2,2H3/b5-3+,10-7+,13-9-. The maximum absolute atomic E-state index is 5.75.